The molecule has 0 aliphatic rings. The minimum Gasteiger partial charge on any atom is -0.465 e. The van der Waals surface area contributed by atoms with Crippen LogP contribution in [-0.4, -0.2) is 29.8 Å². The van der Waals surface area contributed by atoms with Crippen molar-refractivity contribution in [2.24, 2.45) is 0 Å². The molecule has 0 saturated heterocycles. The number of hydrogen-bond donors (Lipinski definition) is 2. The van der Waals surface area contributed by atoms with Crippen molar-refractivity contribution in [1.29, 1.82) is 0 Å². The van der Waals surface area contributed by atoms with E-state index < -0.39 is 17.7 Å². The van der Waals surface area contributed by atoms with Gasteiger partial charge >= 0.3 is 5.97 Å². The SMILES string of the molecule is COC(=O)c1ccc(NC(=O)C(=O)c2c(C)[nH]c3ccccc23)cc1. The molecule has 0 spiro atoms. The minimum atomic E-state index is -0.737. The van der Waals surface area contributed by atoms with Crippen molar-refractivity contribution in [1.82, 2.24) is 4.98 Å². The Morgan fingerprint density at radius 3 is 2.36 bits per heavy atom. The smallest absolute Gasteiger partial charge is 0.337 e. The van der Waals surface area contributed by atoms with Crippen molar-refractivity contribution in [3.63, 3.8) is 0 Å². The van der Waals surface area contributed by atoms with Crippen LogP contribution < -0.4 is 5.32 Å². The van der Waals surface area contributed by atoms with E-state index in [9.17, 15) is 14.4 Å². The summed E-state index contributed by atoms with van der Waals surface area (Å²) in [7, 11) is 1.29. The zero-order valence-electron chi connectivity index (χ0n) is 13.8. The molecule has 6 heteroatoms. The highest BCUT2D eigenvalue weighted by Crippen LogP contribution is 2.23. The number of carbonyl (C=O) groups excluding carboxylic acids is 3. The molecule has 126 valence electrons. The van der Waals surface area contributed by atoms with Crippen LogP contribution in [0.1, 0.15) is 26.4 Å². The second kappa shape index (κ2) is 6.60. The molecule has 3 rings (SSSR count). The first-order valence-corrected chi connectivity index (χ1v) is 7.62. The van der Waals surface area contributed by atoms with E-state index in [0.717, 1.165) is 5.52 Å². The van der Waals surface area contributed by atoms with E-state index in [1.54, 1.807) is 25.1 Å². The van der Waals surface area contributed by atoms with E-state index >= 15 is 0 Å². The van der Waals surface area contributed by atoms with Gasteiger partial charge in [-0.25, -0.2) is 4.79 Å². The summed E-state index contributed by atoms with van der Waals surface area (Å²) >= 11 is 0. The Balaban J connectivity index is 1.82. The first kappa shape index (κ1) is 16.4. The third kappa shape index (κ3) is 3.14. The van der Waals surface area contributed by atoms with Crippen molar-refractivity contribution in [3.05, 3.63) is 65.4 Å². The Hall–Kier alpha value is -3.41. The second-order valence-corrected chi connectivity index (χ2v) is 5.52. The van der Waals surface area contributed by atoms with E-state index in [1.807, 2.05) is 18.2 Å². The number of aromatic nitrogens is 1. The summed E-state index contributed by atoms with van der Waals surface area (Å²) in [6.45, 7) is 1.76. The number of aromatic amines is 1. The molecule has 3 aromatic rings. The summed E-state index contributed by atoms with van der Waals surface area (Å²) in [5.41, 5.74) is 2.59. The molecule has 1 aromatic heterocycles. The lowest BCUT2D eigenvalue weighted by Crippen LogP contribution is -2.23. The van der Waals surface area contributed by atoms with Gasteiger partial charge in [-0.05, 0) is 37.3 Å². The number of hydrogen-bond acceptors (Lipinski definition) is 4. The summed E-state index contributed by atoms with van der Waals surface area (Å²) in [4.78, 5) is 39.4. The summed E-state index contributed by atoms with van der Waals surface area (Å²) < 4.78 is 4.61. The van der Waals surface area contributed by atoms with Crippen LogP contribution in [0.2, 0.25) is 0 Å². The number of methoxy groups -OCH3 is 1. The van der Waals surface area contributed by atoms with Gasteiger partial charge in [0.05, 0.1) is 18.2 Å². The summed E-state index contributed by atoms with van der Waals surface area (Å²) in [6, 6.07) is 13.4. The van der Waals surface area contributed by atoms with Gasteiger partial charge in [-0.15, -0.1) is 0 Å². The number of anilines is 1. The number of carbonyl (C=O) groups is 3. The van der Waals surface area contributed by atoms with Crippen molar-refractivity contribution in [2.75, 3.05) is 12.4 Å². The highest BCUT2D eigenvalue weighted by atomic mass is 16.5. The average molecular weight is 336 g/mol. The van der Waals surface area contributed by atoms with Gasteiger partial charge < -0.3 is 15.0 Å². The largest absolute Gasteiger partial charge is 0.465 e. The van der Waals surface area contributed by atoms with Crippen LogP contribution in [0.15, 0.2) is 48.5 Å². The number of ether oxygens (including phenoxy) is 1. The molecule has 1 heterocycles. The average Bonchev–Trinajstić information content (AvgIpc) is 2.96. The van der Waals surface area contributed by atoms with E-state index in [-0.39, 0.29) is 0 Å². The van der Waals surface area contributed by atoms with E-state index in [0.29, 0.717) is 27.9 Å². The Bertz CT molecular complexity index is 971. The topological polar surface area (TPSA) is 88.3 Å². The zero-order valence-corrected chi connectivity index (χ0v) is 13.8. The Kier molecular flexibility index (Phi) is 4.35. The third-order valence-electron chi connectivity index (χ3n) is 3.89. The monoisotopic (exact) mass is 336 g/mol. The highest BCUT2D eigenvalue weighted by molar-refractivity contribution is 6.48. The van der Waals surface area contributed by atoms with Gasteiger partial charge in [0.1, 0.15) is 0 Å². The van der Waals surface area contributed by atoms with Crippen LogP contribution in [-0.2, 0) is 9.53 Å². The van der Waals surface area contributed by atoms with E-state index in [1.165, 1.54) is 19.2 Å². The van der Waals surface area contributed by atoms with Crippen LogP contribution in [0, 0.1) is 6.92 Å². The fraction of sp³-hybridized carbons (Fsp3) is 0.105. The van der Waals surface area contributed by atoms with Gasteiger partial charge in [-0.1, -0.05) is 18.2 Å². The molecule has 0 radical (unpaired) electrons. The van der Waals surface area contributed by atoms with Crippen molar-refractivity contribution >= 4 is 34.3 Å². The van der Waals surface area contributed by atoms with Crippen LogP contribution in [0.3, 0.4) is 0 Å². The number of nitrogens with one attached hydrogen (secondary N) is 2. The maximum absolute atomic E-state index is 12.6. The normalized spacial score (nSPS) is 10.5. The first-order valence-electron chi connectivity index (χ1n) is 7.62. The third-order valence-corrected chi connectivity index (χ3v) is 3.89. The maximum Gasteiger partial charge on any atom is 0.337 e. The van der Waals surface area contributed by atoms with E-state index in [2.05, 4.69) is 15.0 Å². The number of benzene rings is 2. The molecule has 0 fully saturated rings. The van der Waals surface area contributed by atoms with Gasteiger partial charge in [-0.3, -0.25) is 9.59 Å². The molecule has 0 bridgehead atoms. The van der Waals surface area contributed by atoms with Gasteiger partial charge in [0, 0.05) is 22.3 Å². The fourth-order valence-electron chi connectivity index (χ4n) is 2.68. The number of ketones is 1. The Labute approximate surface area is 143 Å². The maximum atomic E-state index is 12.6. The number of para-hydroxylation sites is 1. The lowest BCUT2D eigenvalue weighted by atomic mass is 10.1. The molecule has 0 aliphatic carbocycles. The van der Waals surface area contributed by atoms with Gasteiger partial charge in [0.2, 0.25) is 0 Å². The number of Topliss-reactive ketones (excluding diaryl/α,β-unsaturated/α-hetero) is 1. The molecule has 0 aliphatic heterocycles. The highest BCUT2D eigenvalue weighted by Gasteiger charge is 2.22. The molecular formula is C19H16N2O4. The van der Waals surface area contributed by atoms with Gasteiger partial charge in [-0.2, -0.15) is 0 Å². The quantitative estimate of drug-likeness (QED) is 0.435. The van der Waals surface area contributed by atoms with E-state index in [4.69, 9.17) is 0 Å². The van der Waals surface area contributed by atoms with Crippen molar-refractivity contribution in [3.8, 4) is 0 Å². The first-order chi connectivity index (χ1) is 12.0. The molecule has 2 aromatic carbocycles. The summed E-state index contributed by atoms with van der Waals surface area (Å²) in [6.07, 6.45) is 0. The van der Waals surface area contributed by atoms with Crippen LogP contribution in [0.4, 0.5) is 5.69 Å². The molecule has 25 heavy (non-hydrogen) atoms. The van der Waals surface area contributed by atoms with Gasteiger partial charge in [0.25, 0.3) is 11.7 Å². The van der Waals surface area contributed by atoms with Gasteiger partial charge in [0.15, 0.2) is 0 Å². The molecule has 0 saturated carbocycles. The Morgan fingerprint density at radius 2 is 1.68 bits per heavy atom. The van der Waals surface area contributed by atoms with Crippen molar-refractivity contribution < 1.29 is 19.1 Å². The standard InChI is InChI=1S/C19H16N2O4/c1-11-16(14-5-3-4-6-15(14)20-11)17(22)18(23)21-13-9-7-12(8-10-13)19(24)25-2/h3-10,20H,1-2H3,(H,21,23). The number of esters is 1. The fourth-order valence-corrected chi connectivity index (χ4v) is 2.68. The molecule has 0 unspecified atom stereocenters. The number of aryl methyl sites for hydroxylation is 1. The summed E-state index contributed by atoms with van der Waals surface area (Å²) in [5.74, 6) is -1.82. The lowest BCUT2D eigenvalue weighted by Gasteiger charge is -2.06. The molecule has 0 atom stereocenters. The lowest BCUT2D eigenvalue weighted by molar-refractivity contribution is -0.112. The number of H-pyrrole nitrogens is 1. The van der Waals surface area contributed by atoms with Crippen molar-refractivity contribution in [2.45, 2.75) is 6.92 Å². The predicted molar refractivity (Wildman–Crippen MR) is 93.8 cm³/mol. The molecule has 1 amide bonds. The van der Waals surface area contributed by atoms with Crippen LogP contribution in [0.5, 0.6) is 0 Å². The zero-order chi connectivity index (χ0) is 18.0. The molecular weight excluding hydrogens is 320 g/mol. The predicted octanol–water partition coefficient (Wildman–Crippen LogP) is 3.08. The number of fused-ring (bicyclic) bond motifs is 1. The van der Waals surface area contributed by atoms with Crippen LogP contribution in [0.25, 0.3) is 10.9 Å². The van der Waals surface area contributed by atoms with Crippen LogP contribution >= 0.6 is 0 Å². The Morgan fingerprint density at radius 1 is 1.00 bits per heavy atom. The molecule has 2 N–H and O–H groups in total. The minimum absolute atomic E-state index is 0.360. The number of rotatable bonds is 4. The summed E-state index contributed by atoms with van der Waals surface area (Å²) in [5, 5.41) is 3.26. The molecule has 6 nitrogen and oxygen atoms in total. The second-order valence-electron chi connectivity index (χ2n) is 5.52. The number of amides is 1.